The lowest BCUT2D eigenvalue weighted by Gasteiger charge is -2.18. The quantitative estimate of drug-likeness (QED) is 0.0280. The van der Waals surface area contributed by atoms with Gasteiger partial charge in [-0.2, -0.15) is 0 Å². The Labute approximate surface area is 312 Å². The molecule has 1 atom stereocenters. The zero-order valence-corrected chi connectivity index (χ0v) is 33.4. The third-order valence-electron chi connectivity index (χ3n) is 8.60. The first-order chi connectivity index (χ1) is 24.8. The topological polar surface area (TPSA) is 119 Å². The van der Waals surface area contributed by atoms with Gasteiger partial charge in [-0.15, -0.1) is 0 Å². The van der Waals surface area contributed by atoms with Crippen molar-refractivity contribution in [2.24, 2.45) is 0 Å². The second-order valence-electron chi connectivity index (χ2n) is 13.6. The lowest BCUT2D eigenvalue weighted by molar-refractivity contribution is -0.161. The molecule has 51 heavy (non-hydrogen) atoms. The molecule has 0 aliphatic rings. The summed E-state index contributed by atoms with van der Waals surface area (Å²) in [7, 11) is -4.77. The fourth-order valence-corrected chi connectivity index (χ4v) is 5.90. The molecular weight excluding hydrogens is 663 g/mol. The van der Waals surface area contributed by atoms with Gasteiger partial charge in [0, 0.05) is 12.8 Å². The molecule has 2 N–H and O–H groups in total. The van der Waals surface area contributed by atoms with Gasteiger partial charge in [0.1, 0.15) is 6.61 Å². The summed E-state index contributed by atoms with van der Waals surface area (Å²) in [6.07, 6.45) is 45.5. The molecule has 8 nitrogen and oxygen atoms in total. The van der Waals surface area contributed by atoms with Gasteiger partial charge in [0.25, 0.3) is 0 Å². The van der Waals surface area contributed by atoms with E-state index in [0.717, 1.165) is 38.5 Å². The van der Waals surface area contributed by atoms with Crippen molar-refractivity contribution in [1.82, 2.24) is 0 Å². The molecule has 0 spiro atoms. The molecule has 0 fully saturated rings. The van der Waals surface area contributed by atoms with E-state index < -0.39 is 32.5 Å². The van der Waals surface area contributed by atoms with Gasteiger partial charge in [-0.1, -0.05) is 172 Å². The van der Waals surface area contributed by atoms with Crippen molar-refractivity contribution in [3.63, 3.8) is 0 Å². The number of allylic oxidation sites excluding steroid dienone is 8. The van der Waals surface area contributed by atoms with Crippen molar-refractivity contribution >= 4 is 19.8 Å². The van der Waals surface area contributed by atoms with Crippen LogP contribution in [0.1, 0.15) is 187 Å². The largest absolute Gasteiger partial charge is 0.469 e. The lowest BCUT2D eigenvalue weighted by atomic mass is 10.0. The Bertz CT molecular complexity index is 968. The van der Waals surface area contributed by atoms with Crippen LogP contribution in [0.4, 0.5) is 0 Å². The van der Waals surface area contributed by atoms with E-state index in [-0.39, 0.29) is 19.4 Å². The molecule has 296 valence electrons. The molecule has 0 amide bonds. The minimum Gasteiger partial charge on any atom is -0.462 e. The molecule has 0 unspecified atom stereocenters. The van der Waals surface area contributed by atoms with Crippen LogP contribution in [-0.4, -0.2) is 41.0 Å². The van der Waals surface area contributed by atoms with Crippen molar-refractivity contribution in [2.75, 3.05) is 13.2 Å². The SMILES string of the molecule is CCCCC/C=C\C/C=C\C/C=C\C/C=C\CCCC(=O)O[C@H](COC(=O)CCCCCCCCCCCCCCCCCC)COP(=O)(O)O. The van der Waals surface area contributed by atoms with E-state index in [0.29, 0.717) is 12.8 Å². The summed E-state index contributed by atoms with van der Waals surface area (Å²) >= 11 is 0. The highest BCUT2D eigenvalue weighted by Gasteiger charge is 2.22. The Kier molecular flexibility index (Phi) is 36.3. The number of rotatable bonds is 37. The van der Waals surface area contributed by atoms with Crippen LogP contribution in [0.25, 0.3) is 0 Å². The monoisotopic (exact) mass is 739 g/mol. The number of hydrogen-bond donors (Lipinski definition) is 2. The summed E-state index contributed by atoms with van der Waals surface area (Å²) in [4.78, 5) is 42.8. The van der Waals surface area contributed by atoms with Crippen LogP contribution >= 0.6 is 7.82 Å². The van der Waals surface area contributed by atoms with E-state index in [1.807, 2.05) is 6.08 Å². The van der Waals surface area contributed by atoms with Crippen LogP contribution in [0.15, 0.2) is 48.6 Å². The third kappa shape index (κ3) is 40.6. The zero-order chi connectivity index (χ0) is 37.5. The van der Waals surface area contributed by atoms with E-state index in [4.69, 9.17) is 19.3 Å². The standard InChI is InChI=1S/C42H75O8P/c1-3-5-7-9-11-13-15-17-19-21-23-25-27-29-31-33-35-37-42(44)50-40(39-49-51(45,46)47)38-48-41(43)36-34-32-30-28-26-24-22-20-18-16-14-12-10-8-6-4-2/h11,13,17,19,23,25,29,31,40H,3-10,12,14-16,18,20-22,24,26-28,30,32-39H2,1-2H3,(H2,45,46,47)/b13-11-,19-17-,25-23-,31-29-/t40-/m1/s1. The van der Waals surface area contributed by atoms with Gasteiger partial charge in [-0.05, 0) is 51.4 Å². The molecular formula is C42H75O8P. The maximum absolute atomic E-state index is 12.4. The molecule has 0 aromatic carbocycles. The maximum Gasteiger partial charge on any atom is 0.469 e. The fraction of sp³-hybridized carbons (Fsp3) is 0.762. The van der Waals surface area contributed by atoms with Crippen LogP contribution < -0.4 is 0 Å². The van der Waals surface area contributed by atoms with E-state index in [9.17, 15) is 14.2 Å². The Hall–Kier alpha value is -1.99. The first-order valence-electron chi connectivity index (χ1n) is 20.4. The number of phosphoric acid groups is 1. The minimum absolute atomic E-state index is 0.136. The van der Waals surface area contributed by atoms with Crippen molar-refractivity contribution < 1.29 is 37.9 Å². The Morgan fingerprint density at radius 1 is 0.510 bits per heavy atom. The van der Waals surface area contributed by atoms with Crippen molar-refractivity contribution in [2.45, 2.75) is 193 Å². The molecule has 0 radical (unpaired) electrons. The predicted octanol–water partition coefficient (Wildman–Crippen LogP) is 12.3. The van der Waals surface area contributed by atoms with Gasteiger partial charge in [-0.25, -0.2) is 4.57 Å². The third-order valence-corrected chi connectivity index (χ3v) is 9.09. The molecule has 0 aromatic rings. The molecule has 0 saturated carbocycles. The number of hydrogen-bond acceptors (Lipinski definition) is 6. The van der Waals surface area contributed by atoms with Crippen LogP contribution in [0.2, 0.25) is 0 Å². The van der Waals surface area contributed by atoms with Gasteiger partial charge in [0.05, 0.1) is 6.61 Å². The zero-order valence-electron chi connectivity index (χ0n) is 32.5. The Morgan fingerprint density at radius 2 is 0.902 bits per heavy atom. The minimum atomic E-state index is -4.77. The first-order valence-corrected chi connectivity index (χ1v) is 22.0. The molecule has 9 heteroatoms. The summed E-state index contributed by atoms with van der Waals surface area (Å²) in [5.41, 5.74) is 0. The molecule has 0 rings (SSSR count). The van der Waals surface area contributed by atoms with Crippen LogP contribution in [0.5, 0.6) is 0 Å². The fourth-order valence-electron chi connectivity index (χ4n) is 5.54. The van der Waals surface area contributed by atoms with E-state index >= 15 is 0 Å². The molecule has 0 bridgehead atoms. The smallest absolute Gasteiger partial charge is 0.462 e. The highest BCUT2D eigenvalue weighted by atomic mass is 31.2. The maximum atomic E-state index is 12.4. The summed E-state index contributed by atoms with van der Waals surface area (Å²) in [5, 5.41) is 0. The number of unbranched alkanes of at least 4 members (excludes halogenated alkanes) is 19. The van der Waals surface area contributed by atoms with Gasteiger partial charge in [0.15, 0.2) is 6.10 Å². The second kappa shape index (κ2) is 37.8. The number of esters is 2. The van der Waals surface area contributed by atoms with Crippen LogP contribution in [0, 0.1) is 0 Å². The van der Waals surface area contributed by atoms with Crippen LogP contribution in [0.3, 0.4) is 0 Å². The molecule has 0 heterocycles. The van der Waals surface area contributed by atoms with Gasteiger partial charge >= 0.3 is 19.8 Å². The van der Waals surface area contributed by atoms with E-state index in [2.05, 4.69) is 60.9 Å². The summed E-state index contributed by atoms with van der Waals surface area (Å²) in [6, 6.07) is 0. The van der Waals surface area contributed by atoms with Crippen LogP contribution in [-0.2, 0) is 28.2 Å². The molecule has 0 aromatic heterocycles. The van der Waals surface area contributed by atoms with E-state index in [1.165, 1.54) is 109 Å². The summed E-state index contributed by atoms with van der Waals surface area (Å²) in [6.45, 7) is 3.62. The first kappa shape index (κ1) is 49.0. The second-order valence-corrected chi connectivity index (χ2v) is 14.9. The average Bonchev–Trinajstić information content (AvgIpc) is 3.10. The molecule has 0 saturated heterocycles. The van der Waals surface area contributed by atoms with Crippen molar-refractivity contribution in [3.05, 3.63) is 48.6 Å². The van der Waals surface area contributed by atoms with E-state index in [1.54, 1.807) is 0 Å². The van der Waals surface area contributed by atoms with Crippen molar-refractivity contribution in [3.8, 4) is 0 Å². The summed E-state index contributed by atoms with van der Waals surface area (Å²) < 4.78 is 26.3. The normalized spacial score (nSPS) is 12.9. The number of carbonyl (C=O) groups is 2. The average molecular weight is 739 g/mol. The Balaban J connectivity index is 4.02. The van der Waals surface area contributed by atoms with Gasteiger partial charge in [0.2, 0.25) is 0 Å². The lowest BCUT2D eigenvalue weighted by Crippen LogP contribution is -2.29. The highest BCUT2D eigenvalue weighted by Crippen LogP contribution is 2.36. The Morgan fingerprint density at radius 3 is 1.37 bits per heavy atom. The number of phosphoric ester groups is 1. The number of ether oxygens (including phenoxy) is 2. The van der Waals surface area contributed by atoms with Gasteiger partial charge in [-0.3, -0.25) is 14.1 Å². The van der Waals surface area contributed by atoms with Crippen molar-refractivity contribution in [1.29, 1.82) is 0 Å². The molecule has 0 aliphatic heterocycles. The summed E-state index contributed by atoms with van der Waals surface area (Å²) in [5.74, 6) is -0.947. The highest BCUT2D eigenvalue weighted by molar-refractivity contribution is 7.46. The molecule has 0 aliphatic carbocycles. The number of carbonyl (C=O) groups excluding carboxylic acids is 2. The predicted molar refractivity (Wildman–Crippen MR) is 211 cm³/mol. The van der Waals surface area contributed by atoms with Gasteiger partial charge < -0.3 is 19.3 Å².